The number of benzene rings is 1. The van der Waals surface area contributed by atoms with Crippen LogP contribution in [-0.2, 0) is 9.53 Å². The van der Waals surface area contributed by atoms with Crippen LogP contribution in [0.5, 0.6) is 0 Å². The van der Waals surface area contributed by atoms with Crippen LogP contribution in [-0.4, -0.2) is 19.6 Å². The highest BCUT2D eigenvalue weighted by Crippen LogP contribution is 2.19. The molecule has 0 bridgehead atoms. The number of carbonyl (C=O) groups excluding carboxylic acids is 1. The molecular weight excluding hydrogens is 233 g/mol. The Morgan fingerprint density at radius 1 is 1.62 bits per heavy atom. The average Bonchev–Trinajstić information content (AvgIpc) is 2.26. The number of hydrogen-bond donors (Lipinski definition) is 1. The van der Waals surface area contributed by atoms with Gasteiger partial charge in [-0.2, -0.15) is 0 Å². The normalized spacial score (nSPS) is 12.0. The molecule has 0 aliphatic rings. The van der Waals surface area contributed by atoms with Crippen molar-refractivity contribution in [2.24, 2.45) is 5.92 Å². The van der Waals surface area contributed by atoms with E-state index < -0.39 is 5.82 Å². The van der Waals surface area contributed by atoms with Gasteiger partial charge in [-0.05, 0) is 18.2 Å². The van der Waals surface area contributed by atoms with Crippen LogP contribution in [0.2, 0.25) is 5.02 Å². The molecule has 0 heterocycles. The lowest BCUT2D eigenvalue weighted by molar-refractivity contribution is -0.144. The van der Waals surface area contributed by atoms with E-state index in [1.807, 2.05) is 0 Å². The van der Waals surface area contributed by atoms with Gasteiger partial charge in [-0.1, -0.05) is 18.5 Å². The van der Waals surface area contributed by atoms with E-state index in [0.29, 0.717) is 17.3 Å². The molecule has 0 spiro atoms. The monoisotopic (exact) mass is 245 g/mol. The maximum atomic E-state index is 13.3. The third-order valence-corrected chi connectivity index (χ3v) is 2.37. The molecule has 1 aromatic rings. The van der Waals surface area contributed by atoms with E-state index in [1.54, 1.807) is 13.0 Å². The van der Waals surface area contributed by atoms with Crippen molar-refractivity contribution in [2.75, 3.05) is 19.0 Å². The highest BCUT2D eigenvalue weighted by Gasteiger charge is 2.13. The minimum Gasteiger partial charge on any atom is -0.469 e. The fourth-order valence-electron chi connectivity index (χ4n) is 1.18. The van der Waals surface area contributed by atoms with Crippen molar-refractivity contribution in [2.45, 2.75) is 6.92 Å². The van der Waals surface area contributed by atoms with Gasteiger partial charge in [0.15, 0.2) is 0 Å². The number of rotatable bonds is 4. The molecule has 0 radical (unpaired) electrons. The number of halogens is 2. The van der Waals surface area contributed by atoms with Crippen LogP contribution < -0.4 is 5.32 Å². The Labute approximate surface area is 98.5 Å². The molecule has 0 aromatic heterocycles. The summed E-state index contributed by atoms with van der Waals surface area (Å²) in [6, 6.07) is 4.32. The topological polar surface area (TPSA) is 38.3 Å². The Hall–Kier alpha value is -1.29. The Morgan fingerprint density at radius 2 is 2.31 bits per heavy atom. The zero-order chi connectivity index (χ0) is 12.1. The summed E-state index contributed by atoms with van der Waals surface area (Å²) < 4.78 is 17.9. The van der Waals surface area contributed by atoms with E-state index in [9.17, 15) is 9.18 Å². The Bertz CT molecular complexity index is 384. The zero-order valence-corrected chi connectivity index (χ0v) is 9.84. The summed E-state index contributed by atoms with van der Waals surface area (Å²) in [5.41, 5.74) is 0.320. The molecule has 3 nitrogen and oxygen atoms in total. The molecular formula is C11H13ClFNO2. The first-order valence-electron chi connectivity index (χ1n) is 4.81. The molecule has 1 N–H and O–H groups in total. The lowest BCUT2D eigenvalue weighted by Gasteiger charge is -2.12. The van der Waals surface area contributed by atoms with Gasteiger partial charge in [-0.25, -0.2) is 4.39 Å². The molecule has 16 heavy (non-hydrogen) atoms. The largest absolute Gasteiger partial charge is 0.469 e. The van der Waals surface area contributed by atoms with Crippen LogP contribution in [0.1, 0.15) is 6.92 Å². The smallest absolute Gasteiger partial charge is 0.310 e. The van der Waals surface area contributed by atoms with E-state index in [4.69, 9.17) is 11.6 Å². The van der Waals surface area contributed by atoms with Gasteiger partial charge in [-0.15, -0.1) is 0 Å². The third-order valence-electron chi connectivity index (χ3n) is 2.13. The number of carbonyl (C=O) groups is 1. The summed E-state index contributed by atoms with van der Waals surface area (Å²) in [4.78, 5) is 11.1. The number of ether oxygens (including phenoxy) is 1. The Kier molecular flexibility index (Phi) is 4.55. The standard InChI is InChI=1S/C11H13ClFNO2/c1-7(11(15)16-2)6-14-10-4-3-8(12)5-9(10)13/h3-5,7,14H,6H2,1-2H3. The zero-order valence-electron chi connectivity index (χ0n) is 9.09. The van der Waals surface area contributed by atoms with Crippen LogP contribution in [0, 0.1) is 11.7 Å². The summed E-state index contributed by atoms with van der Waals surface area (Å²) in [6.45, 7) is 2.01. The summed E-state index contributed by atoms with van der Waals surface area (Å²) >= 11 is 5.61. The van der Waals surface area contributed by atoms with Crippen LogP contribution in [0.4, 0.5) is 10.1 Å². The number of anilines is 1. The minimum absolute atomic E-state index is 0.311. The van der Waals surface area contributed by atoms with Crippen molar-refractivity contribution in [1.82, 2.24) is 0 Å². The van der Waals surface area contributed by atoms with Gasteiger partial charge in [0, 0.05) is 11.6 Å². The molecule has 0 amide bonds. The minimum atomic E-state index is -0.440. The Balaban J connectivity index is 2.58. The van der Waals surface area contributed by atoms with Crippen molar-refractivity contribution in [3.63, 3.8) is 0 Å². The number of hydrogen-bond acceptors (Lipinski definition) is 3. The number of nitrogens with one attached hydrogen (secondary N) is 1. The highest BCUT2D eigenvalue weighted by atomic mass is 35.5. The number of methoxy groups -OCH3 is 1. The second-order valence-corrected chi connectivity index (χ2v) is 3.87. The van der Waals surface area contributed by atoms with Crippen molar-refractivity contribution in [3.05, 3.63) is 29.0 Å². The lowest BCUT2D eigenvalue weighted by Crippen LogP contribution is -2.21. The van der Waals surface area contributed by atoms with Gasteiger partial charge in [0.1, 0.15) is 5.82 Å². The van der Waals surface area contributed by atoms with E-state index in [2.05, 4.69) is 10.1 Å². The Morgan fingerprint density at radius 3 is 2.88 bits per heavy atom. The van der Waals surface area contributed by atoms with Crippen molar-refractivity contribution in [1.29, 1.82) is 0 Å². The van der Waals surface area contributed by atoms with Crippen LogP contribution in [0.15, 0.2) is 18.2 Å². The van der Waals surface area contributed by atoms with E-state index >= 15 is 0 Å². The van der Waals surface area contributed by atoms with E-state index in [1.165, 1.54) is 19.2 Å². The first-order valence-corrected chi connectivity index (χ1v) is 5.19. The molecule has 1 aromatic carbocycles. The molecule has 1 rings (SSSR count). The van der Waals surface area contributed by atoms with Gasteiger partial charge in [0.25, 0.3) is 0 Å². The third kappa shape index (κ3) is 3.38. The van der Waals surface area contributed by atoms with E-state index in [-0.39, 0.29) is 11.9 Å². The maximum absolute atomic E-state index is 13.3. The molecule has 0 aliphatic heterocycles. The fraction of sp³-hybridized carbons (Fsp3) is 0.364. The second kappa shape index (κ2) is 5.70. The molecule has 0 saturated heterocycles. The number of esters is 1. The fourth-order valence-corrected chi connectivity index (χ4v) is 1.34. The summed E-state index contributed by atoms with van der Waals surface area (Å²) in [5.74, 6) is -1.11. The van der Waals surface area contributed by atoms with Crippen LogP contribution in [0.25, 0.3) is 0 Å². The van der Waals surface area contributed by atoms with Crippen LogP contribution in [0.3, 0.4) is 0 Å². The predicted octanol–water partition coefficient (Wildman–Crippen LogP) is 2.70. The molecule has 5 heteroatoms. The van der Waals surface area contributed by atoms with Crippen molar-refractivity contribution >= 4 is 23.3 Å². The van der Waals surface area contributed by atoms with Gasteiger partial charge >= 0.3 is 5.97 Å². The van der Waals surface area contributed by atoms with Crippen LogP contribution >= 0.6 is 11.6 Å². The molecule has 0 saturated carbocycles. The second-order valence-electron chi connectivity index (χ2n) is 3.43. The molecule has 0 fully saturated rings. The molecule has 0 aliphatic carbocycles. The molecule has 88 valence electrons. The SMILES string of the molecule is COC(=O)C(C)CNc1ccc(Cl)cc1F. The first-order chi connectivity index (χ1) is 7.54. The maximum Gasteiger partial charge on any atom is 0.310 e. The predicted molar refractivity (Wildman–Crippen MR) is 61.1 cm³/mol. The van der Waals surface area contributed by atoms with Gasteiger partial charge in [-0.3, -0.25) is 4.79 Å². The first kappa shape index (κ1) is 12.8. The van der Waals surface area contributed by atoms with Gasteiger partial charge in [0.05, 0.1) is 18.7 Å². The van der Waals surface area contributed by atoms with Crippen molar-refractivity contribution < 1.29 is 13.9 Å². The molecule has 1 atom stereocenters. The summed E-state index contributed by atoms with van der Waals surface area (Å²) in [6.07, 6.45) is 0. The average molecular weight is 246 g/mol. The quantitative estimate of drug-likeness (QED) is 0.829. The lowest BCUT2D eigenvalue weighted by atomic mass is 10.2. The highest BCUT2D eigenvalue weighted by molar-refractivity contribution is 6.30. The summed E-state index contributed by atoms with van der Waals surface area (Å²) in [7, 11) is 1.32. The van der Waals surface area contributed by atoms with Gasteiger partial charge < -0.3 is 10.1 Å². The van der Waals surface area contributed by atoms with Gasteiger partial charge in [0.2, 0.25) is 0 Å². The molecule has 1 unspecified atom stereocenters. The summed E-state index contributed by atoms with van der Waals surface area (Å²) in [5, 5.41) is 3.16. The van der Waals surface area contributed by atoms with Crippen molar-refractivity contribution in [3.8, 4) is 0 Å². The van der Waals surface area contributed by atoms with E-state index in [0.717, 1.165) is 0 Å².